The van der Waals surface area contributed by atoms with Crippen LogP contribution in [0.4, 0.5) is 11.4 Å². The first-order chi connectivity index (χ1) is 18.9. The lowest BCUT2D eigenvalue weighted by atomic mass is 9.95. The molecule has 1 saturated heterocycles. The Bertz CT molecular complexity index is 1370. The highest BCUT2D eigenvalue weighted by Crippen LogP contribution is 2.32. The normalized spacial score (nSPS) is 14.2. The van der Waals surface area contributed by atoms with Gasteiger partial charge in [-0.05, 0) is 67.1 Å². The summed E-state index contributed by atoms with van der Waals surface area (Å²) in [5.41, 5.74) is 2.95. The number of ether oxygens (including phenoxy) is 2. The summed E-state index contributed by atoms with van der Waals surface area (Å²) in [6.45, 7) is 3.77. The van der Waals surface area contributed by atoms with Gasteiger partial charge in [-0.15, -0.1) is 0 Å². The topological polar surface area (TPSA) is 97.0 Å². The van der Waals surface area contributed by atoms with Crippen molar-refractivity contribution in [3.8, 4) is 11.5 Å². The molecule has 0 bridgehead atoms. The fourth-order valence-corrected chi connectivity index (χ4v) is 6.24. The average Bonchev–Trinajstić information content (AvgIpc) is 3.49. The van der Waals surface area contributed by atoms with Crippen LogP contribution in [0.15, 0.2) is 71.6 Å². The summed E-state index contributed by atoms with van der Waals surface area (Å²) in [6, 6.07) is 20.3. The summed E-state index contributed by atoms with van der Waals surface area (Å²) in [5, 5.41) is 2.95. The van der Waals surface area contributed by atoms with Crippen LogP contribution in [-0.4, -0.2) is 48.2 Å². The highest BCUT2D eigenvalue weighted by molar-refractivity contribution is 7.89. The van der Waals surface area contributed by atoms with Crippen LogP contribution in [0.3, 0.4) is 0 Å². The van der Waals surface area contributed by atoms with Crippen molar-refractivity contribution < 1.29 is 22.7 Å². The molecule has 1 atom stereocenters. The first-order valence-corrected chi connectivity index (χ1v) is 14.8. The average molecular weight is 552 g/mol. The van der Waals surface area contributed by atoms with Crippen molar-refractivity contribution in [3.05, 3.63) is 77.9 Å². The molecule has 9 heteroatoms. The van der Waals surface area contributed by atoms with E-state index in [9.17, 15) is 13.2 Å². The van der Waals surface area contributed by atoms with Crippen molar-refractivity contribution in [3.63, 3.8) is 0 Å². The lowest BCUT2D eigenvalue weighted by Crippen LogP contribution is -2.29. The van der Waals surface area contributed by atoms with Crippen LogP contribution in [0.25, 0.3) is 0 Å². The number of rotatable bonds is 12. The van der Waals surface area contributed by atoms with Crippen LogP contribution < -0.4 is 24.4 Å². The van der Waals surface area contributed by atoms with E-state index in [1.807, 2.05) is 49.4 Å². The van der Waals surface area contributed by atoms with Crippen molar-refractivity contribution in [2.75, 3.05) is 44.1 Å². The Morgan fingerprint density at radius 1 is 0.949 bits per heavy atom. The molecule has 0 radical (unpaired) electrons. The SMILES string of the molecule is CC[C@@H](C(=O)Nc1ccc(N2CCCC2)c(S(=O)(=O)NCCc2ccc(OC)c(OC)c2)c1)c1ccccc1. The fraction of sp³-hybridized carbons (Fsp3) is 0.367. The lowest BCUT2D eigenvalue weighted by molar-refractivity contribution is -0.117. The van der Waals surface area contributed by atoms with Gasteiger partial charge in [0, 0.05) is 25.3 Å². The van der Waals surface area contributed by atoms with Crippen LogP contribution >= 0.6 is 0 Å². The van der Waals surface area contributed by atoms with Gasteiger partial charge in [0.05, 0.1) is 25.8 Å². The number of sulfonamides is 1. The molecule has 1 fully saturated rings. The van der Waals surface area contributed by atoms with Crippen molar-refractivity contribution >= 4 is 27.3 Å². The molecule has 0 saturated carbocycles. The number of carbonyl (C=O) groups is 1. The second-order valence-corrected chi connectivity index (χ2v) is 11.3. The van der Waals surface area contributed by atoms with E-state index in [1.165, 1.54) is 0 Å². The molecule has 2 N–H and O–H groups in total. The number of anilines is 2. The van der Waals surface area contributed by atoms with Crippen LogP contribution in [0.2, 0.25) is 0 Å². The molecule has 1 heterocycles. The molecule has 3 aromatic carbocycles. The molecule has 0 unspecified atom stereocenters. The molecule has 1 aliphatic rings. The number of nitrogens with one attached hydrogen (secondary N) is 2. The fourth-order valence-electron chi connectivity index (χ4n) is 4.96. The first-order valence-electron chi connectivity index (χ1n) is 13.3. The second-order valence-electron chi connectivity index (χ2n) is 9.57. The maximum atomic E-state index is 13.6. The second kappa shape index (κ2) is 13.0. The highest BCUT2D eigenvalue weighted by atomic mass is 32.2. The molecule has 39 heavy (non-hydrogen) atoms. The van der Waals surface area contributed by atoms with Gasteiger partial charge < -0.3 is 19.7 Å². The number of hydrogen-bond acceptors (Lipinski definition) is 6. The number of benzene rings is 3. The van der Waals surface area contributed by atoms with Gasteiger partial charge in [0.1, 0.15) is 4.90 Å². The van der Waals surface area contributed by atoms with Gasteiger partial charge in [0.15, 0.2) is 11.5 Å². The summed E-state index contributed by atoms with van der Waals surface area (Å²) in [5.74, 6) is 0.721. The molecule has 1 amide bonds. The standard InChI is InChI=1S/C30H37N3O5S/c1-4-25(23-10-6-5-7-11-23)30(34)32-24-13-14-26(33-18-8-9-19-33)29(21-24)39(35,36)31-17-16-22-12-15-27(37-2)28(20-22)38-3/h5-7,10-15,20-21,25,31H,4,8-9,16-19H2,1-3H3,(H,32,34)/t25-/m1/s1. The third-order valence-corrected chi connectivity index (χ3v) is 8.53. The molecule has 4 rings (SSSR count). The summed E-state index contributed by atoms with van der Waals surface area (Å²) >= 11 is 0. The van der Waals surface area contributed by atoms with E-state index in [-0.39, 0.29) is 23.3 Å². The Kier molecular flexibility index (Phi) is 9.48. The summed E-state index contributed by atoms with van der Waals surface area (Å²) < 4.78 is 40.6. The Morgan fingerprint density at radius 2 is 1.67 bits per heavy atom. The van der Waals surface area contributed by atoms with E-state index in [4.69, 9.17) is 9.47 Å². The zero-order chi connectivity index (χ0) is 27.8. The maximum Gasteiger partial charge on any atom is 0.242 e. The van der Waals surface area contributed by atoms with E-state index in [1.54, 1.807) is 38.5 Å². The van der Waals surface area contributed by atoms with Gasteiger partial charge in [-0.1, -0.05) is 43.3 Å². The number of nitrogens with zero attached hydrogens (tertiary/aromatic N) is 1. The van der Waals surface area contributed by atoms with E-state index < -0.39 is 10.0 Å². The zero-order valence-corrected chi connectivity index (χ0v) is 23.6. The van der Waals surface area contributed by atoms with Crippen molar-refractivity contribution in [1.82, 2.24) is 4.72 Å². The van der Waals surface area contributed by atoms with Crippen molar-refractivity contribution in [2.24, 2.45) is 0 Å². The minimum absolute atomic E-state index is 0.164. The van der Waals surface area contributed by atoms with Gasteiger partial charge in [0.25, 0.3) is 0 Å². The Hall–Kier alpha value is -3.56. The minimum Gasteiger partial charge on any atom is -0.493 e. The van der Waals surface area contributed by atoms with Gasteiger partial charge in [-0.3, -0.25) is 4.79 Å². The van der Waals surface area contributed by atoms with Crippen LogP contribution in [0.5, 0.6) is 11.5 Å². The van der Waals surface area contributed by atoms with Gasteiger partial charge >= 0.3 is 0 Å². The Balaban J connectivity index is 1.54. The molecular formula is C30H37N3O5S. The van der Waals surface area contributed by atoms with Gasteiger partial charge in [-0.25, -0.2) is 13.1 Å². The number of amides is 1. The Labute approximate surface area is 231 Å². The predicted octanol–water partition coefficient (Wildman–Crippen LogP) is 4.96. The molecule has 3 aromatic rings. The monoisotopic (exact) mass is 551 g/mol. The van der Waals surface area contributed by atoms with Crippen LogP contribution in [0.1, 0.15) is 43.2 Å². The predicted molar refractivity (Wildman–Crippen MR) is 154 cm³/mol. The van der Waals surface area contributed by atoms with Crippen LogP contribution in [0, 0.1) is 0 Å². The molecule has 1 aliphatic heterocycles. The lowest BCUT2D eigenvalue weighted by Gasteiger charge is -2.23. The number of carbonyl (C=O) groups excluding carboxylic acids is 1. The molecule has 208 valence electrons. The van der Waals surface area contributed by atoms with E-state index in [0.717, 1.165) is 37.1 Å². The van der Waals surface area contributed by atoms with E-state index in [0.29, 0.717) is 35.7 Å². The van der Waals surface area contributed by atoms with Gasteiger partial charge in [0.2, 0.25) is 15.9 Å². The third-order valence-electron chi connectivity index (χ3n) is 7.04. The summed E-state index contributed by atoms with van der Waals surface area (Å²) in [4.78, 5) is 15.4. The first kappa shape index (κ1) is 28.4. The van der Waals surface area contributed by atoms with Crippen LogP contribution in [-0.2, 0) is 21.2 Å². The Morgan fingerprint density at radius 3 is 2.33 bits per heavy atom. The molecule has 8 nitrogen and oxygen atoms in total. The summed E-state index contributed by atoms with van der Waals surface area (Å²) in [7, 11) is -0.721. The molecule has 0 aliphatic carbocycles. The summed E-state index contributed by atoms with van der Waals surface area (Å²) in [6.07, 6.45) is 3.13. The van der Waals surface area contributed by atoms with E-state index >= 15 is 0 Å². The molecular weight excluding hydrogens is 514 g/mol. The van der Waals surface area contributed by atoms with E-state index in [2.05, 4.69) is 14.9 Å². The third kappa shape index (κ3) is 6.91. The largest absolute Gasteiger partial charge is 0.493 e. The smallest absolute Gasteiger partial charge is 0.242 e. The zero-order valence-electron chi connectivity index (χ0n) is 22.8. The quantitative estimate of drug-likeness (QED) is 0.330. The van der Waals surface area contributed by atoms with Gasteiger partial charge in [-0.2, -0.15) is 0 Å². The number of methoxy groups -OCH3 is 2. The number of hydrogen-bond donors (Lipinski definition) is 2. The minimum atomic E-state index is -3.86. The van der Waals surface area contributed by atoms with Crippen molar-refractivity contribution in [1.29, 1.82) is 0 Å². The molecule has 0 spiro atoms. The molecule has 0 aromatic heterocycles. The van der Waals surface area contributed by atoms with Crippen molar-refractivity contribution in [2.45, 2.75) is 43.4 Å². The highest BCUT2D eigenvalue weighted by Gasteiger charge is 2.25. The maximum absolute atomic E-state index is 13.6.